The standard InChI is InChI=1S/2C22H28FN9O3S/c2*1-13(31-5-7-32(8-6-31)36(4,33)34)15-9-17(20-27-14(2)28-22(24)30-20)19(25-11-15)29-16-10-18(23)21(35-3)26-12-16/h2*9-13H,5-8H2,1-4H3,(H,25,29)(H2,24,27,28,30). The van der Waals surface area contributed by atoms with Crippen molar-refractivity contribution in [3.05, 3.63) is 83.5 Å². The predicted octanol–water partition coefficient (Wildman–Crippen LogP) is 3.50. The Morgan fingerprint density at radius 3 is 1.22 bits per heavy atom. The minimum Gasteiger partial charge on any atom is -0.479 e. The fourth-order valence-corrected chi connectivity index (χ4v) is 9.69. The first-order chi connectivity index (χ1) is 34.1. The average Bonchev–Trinajstić information content (AvgIpc) is 3.33. The van der Waals surface area contributed by atoms with Crippen molar-refractivity contribution >= 4 is 55.0 Å². The molecule has 2 saturated heterocycles. The Morgan fingerprint density at radius 1 is 0.556 bits per heavy atom. The summed E-state index contributed by atoms with van der Waals surface area (Å²) in [5.41, 5.74) is 15.3. The molecule has 0 amide bonds. The lowest BCUT2D eigenvalue weighted by Crippen LogP contribution is -2.48. The number of anilines is 6. The van der Waals surface area contributed by atoms with E-state index in [1.807, 2.05) is 26.0 Å². The Balaban J connectivity index is 0.000000211. The van der Waals surface area contributed by atoms with E-state index in [2.05, 4.69) is 70.3 Å². The van der Waals surface area contributed by atoms with Crippen molar-refractivity contribution in [3.8, 4) is 34.5 Å². The molecule has 2 aliphatic rings. The monoisotopic (exact) mass is 1030 g/mol. The van der Waals surface area contributed by atoms with Crippen LogP contribution >= 0.6 is 0 Å². The number of piperazine rings is 2. The van der Waals surface area contributed by atoms with Gasteiger partial charge in [-0.25, -0.2) is 55.5 Å². The fourth-order valence-electron chi connectivity index (χ4n) is 8.03. The number of sulfonamides is 2. The Hall–Kier alpha value is -6.98. The minimum atomic E-state index is -3.22. The molecule has 0 aromatic carbocycles. The van der Waals surface area contributed by atoms with Crippen LogP contribution in [0.5, 0.6) is 11.8 Å². The van der Waals surface area contributed by atoms with Gasteiger partial charge in [0, 0.05) is 89.0 Å². The number of aryl methyl sites for hydroxylation is 2. The first-order valence-electron chi connectivity index (χ1n) is 22.4. The lowest BCUT2D eigenvalue weighted by Gasteiger charge is -2.37. The number of hydrogen-bond donors (Lipinski definition) is 4. The normalized spacial score (nSPS) is 16.0. The first-order valence-corrected chi connectivity index (χ1v) is 26.1. The van der Waals surface area contributed by atoms with Crippen molar-refractivity contribution in [3.63, 3.8) is 0 Å². The molecule has 0 bridgehead atoms. The van der Waals surface area contributed by atoms with Crippen molar-refractivity contribution in [1.29, 1.82) is 0 Å². The molecule has 6 aromatic heterocycles. The van der Waals surface area contributed by atoms with Crippen LogP contribution in [0.2, 0.25) is 0 Å². The van der Waals surface area contributed by atoms with Crippen LogP contribution in [0.1, 0.15) is 48.7 Å². The topological polar surface area (TPSA) is 305 Å². The van der Waals surface area contributed by atoms with Gasteiger partial charge >= 0.3 is 0 Å². The summed E-state index contributed by atoms with van der Waals surface area (Å²) in [6.45, 7) is 11.5. The molecule has 384 valence electrons. The zero-order valence-electron chi connectivity index (χ0n) is 40.9. The van der Waals surface area contributed by atoms with Gasteiger partial charge in [-0.1, -0.05) is 0 Å². The van der Waals surface area contributed by atoms with Crippen molar-refractivity contribution in [2.75, 3.05) is 101 Å². The Kier molecular flexibility index (Phi) is 16.3. The molecule has 0 aliphatic carbocycles. The molecule has 6 N–H and O–H groups in total. The van der Waals surface area contributed by atoms with Crippen molar-refractivity contribution in [2.45, 2.75) is 39.8 Å². The summed E-state index contributed by atoms with van der Waals surface area (Å²) in [7, 11) is -3.76. The SMILES string of the molecule is COc1ncc(Nc2ncc(C(C)N3CCN(S(C)(=O)=O)CC3)cc2-c2nc(C)nc(N)n2)cc1F.COc1ncc(Nc2ncc(C(C)N3CCN(S(C)(=O)=O)CC3)cc2-c2nc(C)nc(N)n2)cc1F. The van der Waals surface area contributed by atoms with E-state index in [4.69, 9.17) is 20.9 Å². The molecule has 2 atom stereocenters. The molecular weight excluding hydrogens is 979 g/mol. The number of ether oxygens (including phenoxy) is 2. The number of methoxy groups -OCH3 is 2. The molecule has 8 rings (SSSR count). The third-order valence-electron chi connectivity index (χ3n) is 11.9. The van der Waals surface area contributed by atoms with Crippen molar-refractivity contribution in [1.82, 2.24) is 68.3 Å². The van der Waals surface area contributed by atoms with E-state index in [-0.39, 0.29) is 35.7 Å². The molecule has 72 heavy (non-hydrogen) atoms. The number of nitrogens with one attached hydrogen (secondary N) is 2. The van der Waals surface area contributed by atoms with Gasteiger partial charge in [-0.05, 0) is 51.0 Å². The van der Waals surface area contributed by atoms with Crippen LogP contribution in [0, 0.1) is 25.5 Å². The Labute approximate surface area is 415 Å². The lowest BCUT2D eigenvalue weighted by atomic mass is 10.1. The molecule has 24 nitrogen and oxygen atoms in total. The van der Waals surface area contributed by atoms with Crippen LogP contribution in [0.25, 0.3) is 22.8 Å². The average molecular weight is 1040 g/mol. The summed E-state index contributed by atoms with van der Waals surface area (Å²) in [6, 6.07) is 6.17. The van der Waals surface area contributed by atoms with E-state index in [1.165, 1.54) is 59.9 Å². The van der Waals surface area contributed by atoms with Crippen LogP contribution in [0.3, 0.4) is 0 Å². The van der Waals surface area contributed by atoms with Gasteiger partial charge in [0.2, 0.25) is 43.7 Å². The fraction of sp³-hybridized carbons (Fsp3) is 0.409. The highest BCUT2D eigenvalue weighted by Gasteiger charge is 2.29. The Morgan fingerprint density at radius 2 is 0.917 bits per heavy atom. The second-order valence-corrected chi connectivity index (χ2v) is 20.9. The van der Waals surface area contributed by atoms with Gasteiger partial charge < -0.3 is 31.6 Å². The first kappa shape index (κ1) is 52.8. The molecule has 2 aliphatic heterocycles. The molecule has 2 fully saturated rings. The zero-order valence-corrected chi connectivity index (χ0v) is 42.5. The van der Waals surface area contributed by atoms with Crippen LogP contribution in [-0.2, 0) is 20.0 Å². The molecule has 0 spiro atoms. The van der Waals surface area contributed by atoms with E-state index in [9.17, 15) is 25.6 Å². The molecule has 0 radical (unpaired) electrons. The minimum absolute atomic E-state index is 0.0626. The van der Waals surface area contributed by atoms with Crippen LogP contribution in [0.4, 0.5) is 43.7 Å². The summed E-state index contributed by atoms with van der Waals surface area (Å²) in [5, 5.41) is 6.15. The summed E-state index contributed by atoms with van der Waals surface area (Å²) >= 11 is 0. The maximum atomic E-state index is 14.2. The largest absolute Gasteiger partial charge is 0.479 e. The third kappa shape index (κ3) is 12.9. The van der Waals surface area contributed by atoms with Crippen LogP contribution < -0.4 is 31.6 Å². The lowest BCUT2D eigenvalue weighted by molar-refractivity contribution is 0.146. The maximum Gasteiger partial charge on any atom is 0.250 e. The summed E-state index contributed by atoms with van der Waals surface area (Å²) in [5.74, 6) is 0.920. The number of pyridine rings is 4. The van der Waals surface area contributed by atoms with E-state index in [0.717, 1.165) is 11.1 Å². The van der Waals surface area contributed by atoms with E-state index >= 15 is 0 Å². The summed E-state index contributed by atoms with van der Waals surface area (Å²) < 4.78 is 88.6. The van der Waals surface area contributed by atoms with E-state index in [0.29, 0.717) is 110 Å². The van der Waals surface area contributed by atoms with Gasteiger partial charge in [-0.3, -0.25) is 9.80 Å². The number of nitrogens with two attached hydrogens (primary N) is 2. The zero-order chi connectivity index (χ0) is 52.1. The molecule has 2 unspecified atom stereocenters. The van der Waals surface area contributed by atoms with Crippen LogP contribution in [0.15, 0.2) is 49.1 Å². The second-order valence-electron chi connectivity index (χ2n) is 16.9. The van der Waals surface area contributed by atoms with Crippen LogP contribution in [-0.4, -0.2) is 164 Å². The predicted molar refractivity (Wildman–Crippen MR) is 265 cm³/mol. The van der Waals surface area contributed by atoms with Gasteiger partial charge in [0.05, 0.1) is 61.6 Å². The molecule has 28 heteroatoms. The number of aromatic nitrogens is 10. The van der Waals surface area contributed by atoms with Gasteiger partial charge in [-0.15, -0.1) is 0 Å². The number of nitrogens with zero attached hydrogens (tertiary/aromatic N) is 14. The van der Waals surface area contributed by atoms with Gasteiger partial charge in [0.25, 0.3) is 0 Å². The highest BCUT2D eigenvalue weighted by molar-refractivity contribution is 7.88. The second kappa shape index (κ2) is 22.2. The van der Waals surface area contributed by atoms with Gasteiger partial charge in [-0.2, -0.15) is 28.5 Å². The number of rotatable bonds is 14. The Bertz CT molecular complexity index is 2900. The van der Waals surface area contributed by atoms with Crippen molar-refractivity contribution in [2.24, 2.45) is 0 Å². The number of halogens is 2. The van der Waals surface area contributed by atoms with Gasteiger partial charge in [0.15, 0.2) is 23.3 Å². The number of hydrogen-bond acceptors (Lipinski definition) is 22. The summed E-state index contributed by atoms with van der Waals surface area (Å²) in [4.78, 5) is 46.9. The maximum absolute atomic E-state index is 14.2. The molecular formula is C44H56F2N18O6S2. The summed E-state index contributed by atoms with van der Waals surface area (Å²) in [6.07, 6.45) is 8.73. The van der Waals surface area contributed by atoms with Crippen molar-refractivity contribution < 1.29 is 35.1 Å². The van der Waals surface area contributed by atoms with E-state index in [1.54, 1.807) is 26.2 Å². The highest BCUT2D eigenvalue weighted by atomic mass is 32.2. The molecule has 6 aromatic rings. The highest BCUT2D eigenvalue weighted by Crippen LogP contribution is 2.34. The number of nitrogen functional groups attached to an aromatic ring is 2. The smallest absolute Gasteiger partial charge is 0.250 e. The van der Waals surface area contributed by atoms with E-state index < -0.39 is 31.7 Å². The molecule has 0 saturated carbocycles. The van der Waals surface area contributed by atoms with Gasteiger partial charge in [0.1, 0.15) is 23.3 Å². The third-order valence-corrected chi connectivity index (χ3v) is 14.5. The molecule has 8 heterocycles. The quantitative estimate of drug-likeness (QED) is 0.121.